The number of benzene rings is 2. The van der Waals surface area contributed by atoms with Crippen molar-refractivity contribution < 1.29 is 0 Å². The van der Waals surface area contributed by atoms with Gasteiger partial charge < -0.3 is 10.6 Å². The van der Waals surface area contributed by atoms with E-state index < -0.39 is 0 Å². The Hall–Kier alpha value is -3.02. The average Bonchev–Trinajstić information content (AvgIpc) is 3.33. The molecule has 1 aliphatic rings. The van der Waals surface area contributed by atoms with E-state index >= 15 is 0 Å². The van der Waals surface area contributed by atoms with Gasteiger partial charge in [0.25, 0.3) is 0 Å². The van der Waals surface area contributed by atoms with Crippen LogP contribution in [0.15, 0.2) is 66.9 Å². The molecule has 5 rings (SSSR count). The molecule has 2 aromatic heterocycles. The Bertz CT molecular complexity index is 1120. The Morgan fingerprint density at radius 3 is 2.79 bits per heavy atom. The molecule has 3 heterocycles. The van der Waals surface area contributed by atoms with Crippen molar-refractivity contribution >= 4 is 34.0 Å². The van der Waals surface area contributed by atoms with Gasteiger partial charge in [0.15, 0.2) is 0 Å². The summed E-state index contributed by atoms with van der Waals surface area (Å²) in [6, 6.07) is 15.0. The number of fused-ring (bicyclic) bond motifs is 2. The fourth-order valence-electron chi connectivity index (χ4n) is 3.42. The number of pyridine rings is 1. The first-order chi connectivity index (χ1) is 14.3. The summed E-state index contributed by atoms with van der Waals surface area (Å²) in [6.45, 7) is 5.88. The summed E-state index contributed by atoms with van der Waals surface area (Å²) in [5.74, 6) is 0.888. The molecule has 4 nitrogen and oxygen atoms in total. The second-order valence-corrected chi connectivity index (χ2v) is 7.79. The molecule has 0 atom stereocenters. The third-order valence-corrected chi connectivity index (χ3v) is 5.87. The van der Waals surface area contributed by atoms with E-state index in [1.807, 2.05) is 31.0 Å². The lowest BCUT2D eigenvalue weighted by Crippen LogP contribution is -2.23. The van der Waals surface area contributed by atoms with Crippen LogP contribution in [0, 0.1) is 0 Å². The van der Waals surface area contributed by atoms with Crippen LogP contribution in [-0.2, 0) is 13.0 Å². The zero-order chi connectivity index (χ0) is 20.1. The van der Waals surface area contributed by atoms with Crippen molar-refractivity contribution in [3.8, 4) is 10.4 Å². The first kappa shape index (κ1) is 19.3. The normalized spacial score (nSPS) is 12.6. The Balaban J connectivity index is 0.000000150. The van der Waals surface area contributed by atoms with Crippen molar-refractivity contribution in [3.63, 3.8) is 0 Å². The third kappa shape index (κ3) is 4.53. The van der Waals surface area contributed by atoms with Crippen LogP contribution in [0.2, 0.25) is 0 Å². The summed E-state index contributed by atoms with van der Waals surface area (Å²) >= 11 is 1.65. The second-order valence-electron chi connectivity index (χ2n) is 6.91. The zero-order valence-corrected chi connectivity index (χ0v) is 17.3. The van der Waals surface area contributed by atoms with Crippen LogP contribution in [0.25, 0.3) is 27.3 Å². The van der Waals surface area contributed by atoms with E-state index in [0.717, 1.165) is 30.7 Å². The van der Waals surface area contributed by atoms with Gasteiger partial charge in [0.1, 0.15) is 5.82 Å². The molecular formula is C24H24N4S. The molecule has 4 aromatic rings. The van der Waals surface area contributed by atoms with Crippen LogP contribution >= 0.6 is 11.3 Å². The van der Waals surface area contributed by atoms with Crippen LogP contribution in [0.1, 0.15) is 16.7 Å². The maximum Gasteiger partial charge on any atom is 0.126 e. The number of hydrogen-bond acceptors (Lipinski definition) is 5. The summed E-state index contributed by atoms with van der Waals surface area (Å²) in [7, 11) is 1.88. The predicted molar refractivity (Wildman–Crippen MR) is 124 cm³/mol. The molecule has 0 saturated carbocycles. The smallest absolute Gasteiger partial charge is 0.126 e. The SMILES string of the molecule is C=Cc1ccc2c(c1)CNCC2.CNc1cc2cc(-c3cncs3)ccc2cn1. The topological polar surface area (TPSA) is 49.8 Å². The number of rotatable bonds is 3. The van der Waals surface area contributed by atoms with Gasteiger partial charge >= 0.3 is 0 Å². The molecule has 0 saturated heterocycles. The minimum Gasteiger partial charge on any atom is -0.373 e. The number of anilines is 1. The van der Waals surface area contributed by atoms with Gasteiger partial charge in [-0.2, -0.15) is 0 Å². The van der Waals surface area contributed by atoms with E-state index in [4.69, 9.17) is 0 Å². The Labute approximate surface area is 175 Å². The fraction of sp³-hybridized carbons (Fsp3) is 0.167. The standard InChI is InChI=1S/C13H11N3S.C11H13N/c1-14-13-5-11-4-9(12-7-15-8-17-12)2-3-10(11)6-16-13;1-2-9-3-4-10-5-6-12-8-11(10)7-9/h2-8H,1H3,(H,14,16);2-4,7,12H,1,5-6,8H2. The fourth-order valence-corrected chi connectivity index (χ4v) is 4.04. The Morgan fingerprint density at radius 1 is 1.07 bits per heavy atom. The summed E-state index contributed by atoms with van der Waals surface area (Å²) in [4.78, 5) is 9.59. The molecule has 0 radical (unpaired) electrons. The number of aromatic nitrogens is 2. The van der Waals surface area contributed by atoms with Gasteiger partial charge in [-0.25, -0.2) is 4.98 Å². The number of nitrogens with zero attached hydrogens (tertiary/aromatic N) is 2. The first-order valence-electron chi connectivity index (χ1n) is 9.68. The second kappa shape index (κ2) is 8.99. The highest BCUT2D eigenvalue weighted by molar-refractivity contribution is 7.13. The zero-order valence-electron chi connectivity index (χ0n) is 16.5. The molecule has 2 aromatic carbocycles. The van der Waals surface area contributed by atoms with Crippen molar-refractivity contribution in [2.24, 2.45) is 0 Å². The maximum absolute atomic E-state index is 4.30. The van der Waals surface area contributed by atoms with Gasteiger partial charge in [-0.3, -0.25) is 4.98 Å². The Kier molecular flexibility index (Phi) is 5.98. The molecule has 29 heavy (non-hydrogen) atoms. The predicted octanol–water partition coefficient (Wildman–Crippen LogP) is 5.38. The van der Waals surface area contributed by atoms with Crippen molar-refractivity contribution in [3.05, 3.63) is 83.6 Å². The highest BCUT2D eigenvalue weighted by Crippen LogP contribution is 2.27. The van der Waals surface area contributed by atoms with E-state index in [9.17, 15) is 0 Å². The minimum atomic E-state index is 0.888. The van der Waals surface area contributed by atoms with E-state index in [0.29, 0.717) is 0 Å². The van der Waals surface area contributed by atoms with Crippen molar-refractivity contribution in [1.82, 2.24) is 15.3 Å². The summed E-state index contributed by atoms with van der Waals surface area (Å²) in [5, 5.41) is 8.75. The lowest BCUT2D eigenvalue weighted by Gasteiger charge is -2.16. The molecule has 5 heteroatoms. The van der Waals surface area contributed by atoms with Crippen LogP contribution in [0.4, 0.5) is 5.82 Å². The van der Waals surface area contributed by atoms with Crippen LogP contribution < -0.4 is 10.6 Å². The molecule has 0 aliphatic carbocycles. The molecule has 0 fully saturated rings. The number of thiazole rings is 1. The van der Waals surface area contributed by atoms with E-state index in [-0.39, 0.29) is 0 Å². The van der Waals surface area contributed by atoms with Crippen molar-refractivity contribution in [2.75, 3.05) is 18.9 Å². The summed E-state index contributed by atoms with van der Waals surface area (Å²) in [5.41, 5.74) is 7.19. The summed E-state index contributed by atoms with van der Waals surface area (Å²) < 4.78 is 0. The first-order valence-corrected chi connectivity index (χ1v) is 10.6. The van der Waals surface area contributed by atoms with Gasteiger partial charge in [0, 0.05) is 31.4 Å². The summed E-state index contributed by atoms with van der Waals surface area (Å²) in [6.07, 6.45) is 6.84. The highest BCUT2D eigenvalue weighted by atomic mass is 32.1. The van der Waals surface area contributed by atoms with Gasteiger partial charge in [-0.15, -0.1) is 11.3 Å². The van der Waals surface area contributed by atoms with Gasteiger partial charge in [0.05, 0.1) is 10.4 Å². The number of hydrogen-bond donors (Lipinski definition) is 2. The lowest BCUT2D eigenvalue weighted by molar-refractivity contribution is 0.643. The molecular weight excluding hydrogens is 376 g/mol. The largest absolute Gasteiger partial charge is 0.373 e. The minimum absolute atomic E-state index is 0.888. The molecule has 1 aliphatic heterocycles. The van der Waals surface area contributed by atoms with E-state index in [1.54, 1.807) is 11.3 Å². The van der Waals surface area contributed by atoms with E-state index in [2.05, 4.69) is 69.6 Å². The molecule has 0 spiro atoms. The van der Waals surface area contributed by atoms with Gasteiger partial charge in [-0.05, 0) is 52.7 Å². The molecule has 146 valence electrons. The van der Waals surface area contributed by atoms with Crippen molar-refractivity contribution in [2.45, 2.75) is 13.0 Å². The van der Waals surface area contributed by atoms with Crippen molar-refractivity contribution in [1.29, 1.82) is 0 Å². The number of nitrogens with one attached hydrogen (secondary N) is 2. The van der Waals surface area contributed by atoms with Crippen LogP contribution in [0.3, 0.4) is 0 Å². The molecule has 0 unspecified atom stereocenters. The average molecular weight is 401 g/mol. The van der Waals surface area contributed by atoms with Crippen LogP contribution in [0.5, 0.6) is 0 Å². The van der Waals surface area contributed by atoms with Gasteiger partial charge in [-0.1, -0.05) is 43.0 Å². The van der Waals surface area contributed by atoms with Gasteiger partial charge in [0.2, 0.25) is 0 Å². The van der Waals surface area contributed by atoms with E-state index in [1.165, 1.54) is 32.5 Å². The quantitative estimate of drug-likeness (QED) is 0.485. The molecule has 0 amide bonds. The molecule has 2 N–H and O–H groups in total. The third-order valence-electron chi connectivity index (χ3n) is 5.05. The van der Waals surface area contributed by atoms with Crippen LogP contribution in [-0.4, -0.2) is 23.6 Å². The molecule has 0 bridgehead atoms. The lowest BCUT2D eigenvalue weighted by atomic mass is 9.99. The Morgan fingerprint density at radius 2 is 2.00 bits per heavy atom. The highest BCUT2D eigenvalue weighted by Gasteiger charge is 2.07. The maximum atomic E-state index is 4.30. The monoisotopic (exact) mass is 400 g/mol.